The lowest BCUT2D eigenvalue weighted by Gasteiger charge is -2.24. The van der Waals surface area contributed by atoms with Crippen molar-refractivity contribution in [2.75, 3.05) is 45.2 Å². The monoisotopic (exact) mass is 446 g/mol. The van der Waals surface area contributed by atoms with Gasteiger partial charge in [0.05, 0.1) is 27.1 Å². The van der Waals surface area contributed by atoms with Gasteiger partial charge in [-0.2, -0.15) is 5.26 Å². The number of nitrogens with zero attached hydrogens (tertiary/aromatic N) is 4. The van der Waals surface area contributed by atoms with Crippen LogP contribution in [0.3, 0.4) is 0 Å². The molecule has 0 aromatic heterocycles. The molecule has 158 valence electrons. The van der Waals surface area contributed by atoms with Crippen LogP contribution in [0.5, 0.6) is 0 Å². The van der Waals surface area contributed by atoms with E-state index in [4.69, 9.17) is 16.9 Å². The molecule has 0 atom stereocenters. The van der Waals surface area contributed by atoms with Crippen LogP contribution in [0.15, 0.2) is 47.4 Å². The van der Waals surface area contributed by atoms with E-state index in [1.165, 1.54) is 32.3 Å². The second-order valence-corrected chi connectivity index (χ2v) is 9.78. The number of halogens is 1. The maximum atomic E-state index is 13.1. The molecule has 1 fully saturated rings. The smallest absolute Gasteiger partial charge is 0.255 e. The van der Waals surface area contributed by atoms with Gasteiger partial charge in [-0.05, 0) is 48.9 Å². The first kappa shape index (κ1) is 22.1. The van der Waals surface area contributed by atoms with E-state index in [1.54, 1.807) is 17.0 Å². The minimum absolute atomic E-state index is 0.0364. The zero-order valence-corrected chi connectivity index (χ0v) is 18.4. The second kappa shape index (κ2) is 9.04. The van der Waals surface area contributed by atoms with Crippen LogP contribution in [0, 0.1) is 11.3 Å². The van der Waals surface area contributed by atoms with Gasteiger partial charge in [-0.15, -0.1) is 0 Å². The zero-order valence-electron chi connectivity index (χ0n) is 16.9. The second-order valence-electron chi connectivity index (χ2n) is 7.22. The number of sulfonamides is 1. The molecular formula is C21H23ClN4O3S. The van der Waals surface area contributed by atoms with Gasteiger partial charge < -0.3 is 9.80 Å². The normalized spacial score (nSPS) is 15.0. The molecule has 1 aliphatic rings. The van der Waals surface area contributed by atoms with Crippen molar-refractivity contribution in [2.45, 2.75) is 11.3 Å². The summed E-state index contributed by atoms with van der Waals surface area (Å²) >= 11 is 6.24. The third-order valence-corrected chi connectivity index (χ3v) is 7.23. The van der Waals surface area contributed by atoms with Crippen molar-refractivity contribution in [3.8, 4) is 6.07 Å². The average Bonchev–Trinajstić information content (AvgIpc) is 2.99. The Morgan fingerprint density at radius 1 is 1.07 bits per heavy atom. The highest BCUT2D eigenvalue weighted by molar-refractivity contribution is 7.89. The summed E-state index contributed by atoms with van der Waals surface area (Å²) in [6, 6.07) is 13.7. The summed E-state index contributed by atoms with van der Waals surface area (Å²) in [5.41, 5.74) is 1.79. The van der Waals surface area contributed by atoms with Gasteiger partial charge in [-0.25, -0.2) is 12.7 Å². The number of benzene rings is 2. The van der Waals surface area contributed by atoms with Gasteiger partial charge in [0.25, 0.3) is 5.91 Å². The van der Waals surface area contributed by atoms with Gasteiger partial charge in [-0.3, -0.25) is 4.79 Å². The Morgan fingerprint density at radius 2 is 1.77 bits per heavy atom. The topological polar surface area (TPSA) is 84.7 Å². The van der Waals surface area contributed by atoms with Crippen molar-refractivity contribution in [1.29, 1.82) is 5.26 Å². The highest BCUT2D eigenvalue weighted by Crippen LogP contribution is 2.24. The Kier molecular flexibility index (Phi) is 6.66. The van der Waals surface area contributed by atoms with Gasteiger partial charge >= 0.3 is 0 Å². The van der Waals surface area contributed by atoms with Crippen LogP contribution >= 0.6 is 11.6 Å². The predicted octanol–water partition coefficient (Wildman–Crippen LogP) is 2.81. The number of carbonyl (C=O) groups is 1. The summed E-state index contributed by atoms with van der Waals surface area (Å²) in [7, 11) is -0.781. The number of amides is 1. The molecule has 0 spiro atoms. The molecule has 2 aromatic carbocycles. The number of hydrogen-bond acceptors (Lipinski definition) is 5. The number of carbonyl (C=O) groups excluding carboxylic acids is 1. The minimum atomic E-state index is -3.67. The van der Waals surface area contributed by atoms with Crippen LogP contribution in [0.2, 0.25) is 5.02 Å². The van der Waals surface area contributed by atoms with Crippen molar-refractivity contribution in [3.63, 3.8) is 0 Å². The molecule has 1 heterocycles. The van der Waals surface area contributed by atoms with E-state index in [1.807, 2.05) is 12.1 Å². The highest BCUT2D eigenvalue weighted by Gasteiger charge is 2.25. The van der Waals surface area contributed by atoms with Crippen molar-refractivity contribution < 1.29 is 13.2 Å². The van der Waals surface area contributed by atoms with Gasteiger partial charge in [0.15, 0.2) is 0 Å². The number of hydrogen-bond donors (Lipinski definition) is 0. The van der Waals surface area contributed by atoms with Crippen LogP contribution in [0.4, 0.5) is 5.69 Å². The molecule has 0 radical (unpaired) electrons. The molecular weight excluding hydrogens is 424 g/mol. The molecule has 1 aliphatic heterocycles. The molecule has 9 heteroatoms. The Bertz CT molecular complexity index is 1080. The van der Waals surface area contributed by atoms with E-state index in [0.717, 1.165) is 23.0 Å². The van der Waals surface area contributed by atoms with E-state index >= 15 is 0 Å². The van der Waals surface area contributed by atoms with Crippen LogP contribution in [-0.4, -0.2) is 63.8 Å². The lowest BCUT2D eigenvalue weighted by Crippen LogP contribution is -2.35. The minimum Gasteiger partial charge on any atom is -0.370 e. The summed E-state index contributed by atoms with van der Waals surface area (Å²) in [6.45, 7) is 2.44. The standard InChI is InChI=1S/C21H23ClN4O3S/c1-24(2)30(28,29)18-8-9-20(22)19(14-18)21(27)26-11-3-10-25(12-13-26)17-6-4-16(15-23)5-7-17/h4-9,14H,3,10-13H2,1-2H3. The number of nitriles is 1. The van der Waals surface area contributed by atoms with Gasteiger partial charge in [-0.1, -0.05) is 11.6 Å². The van der Waals surface area contributed by atoms with Crippen molar-refractivity contribution in [1.82, 2.24) is 9.21 Å². The predicted molar refractivity (Wildman–Crippen MR) is 116 cm³/mol. The van der Waals surface area contributed by atoms with E-state index in [-0.39, 0.29) is 21.4 Å². The number of anilines is 1. The summed E-state index contributed by atoms with van der Waals surface area (Å²) < 4.78 is 26.0. The fraction of sp³-hybridized carbons (Fsp3) is 0.333. The zero-order chi connectivity index (χ0) is 21.9. The molecule has 1 amide bonds. The largest absolute Gasteiger partial charge is 0.370 e. The fourth-order valence-corrected chi connectivity index (χ4v) is 4.46. The van der Waals surface area contributed by atoms with Gasteiger partial charge in [0.1, 0.15) is 0 Å². The van der Waals surface area contributed by atoms with E-state index in [0.29, 0.717) is 25.2 Å². The molecule has 0 saturated carbocycles. The fourth-order valence-electron chi connectivity index (χ4n) is 3.34. The Balaban J connectivity index is 1.78. The third-order valence-electron chi connectivity index (χ3n) is 5.09. The molecule has 3 rings (SSSR count). The van der Waals surface area contributed by atoms with Crippen molar-refractivity contribution in [3.05, 3.63) is 58.6 Å². The summed E-state index contributed by atoms with van der Waals surface area (Å²) in [5.74, 6) is -0.280. The Labute approximate surface area is 182 Å². The number of rotatable bonds is 4. The molecule has 1 saturated heterocycles. The van der Waals surface area contributed by atoms with Crippen molar-refractivity contribution >= 4 is 33.2 Å². The lowest BCUT2D eigenvalue weighted by atomic mass is 10.2. The van der Waals surface area contributed by atoms with Crippen LogP contribution in [0.1, 0.15) is 22.3 Å². The maximum absolute atomic E-state index is 13.1. The van der Waals surface area contributed by atoms with E-state index in [2.05, 4.69) is 11.0 Å². The summed E-state index contributed by atoms with van der Waals surface area (Å²) in [4.78, 5) is 17.0. The van der Waals surface area contributed by atoms with E-state index < -0.39 is 10.0 Å². The Hall–Kier alpha value is -2.60. The van der Waals surface area contributed by atoms with Crippen LogP contribution in [-0.2, 0) is 10.0 Å². The molecule has 0 unspecified atom stereocenters. The van der Waals surface area contributed by atoms with E-state index in [9.17, 15) is 13.2 Å². The van der Waals surface area contributed by atoms with Crippen molar-refractivity contribution in [2.24, 2.45) is 0 Å². The SMILES string of the molecule is CN(C)S(=O)(=O)c1ccc(Cl)c(C(=O)N2CCCN(c3ccc(C#N)cc3)CC2)c1. The first-order valence-corrected chi connectivity index (χ1v) is 11.3. The highest BCUT2D eigenvalue weighted by atomic mass is 35.5. The van der Waals surface area contributed by atoms with Crippen LogP contribution in [0.25, 0.3) is 0 Å². The molecule has 0 bridgehead atoms. The van der Waals surface area contributed by atoms with Gasteiger partial charge in [0, 0.05) is 46.0 Å². The van der Waals surface area contributed by atoms with Gasteiger partial charge in [0.2, 0.25) is 10.0 Å². The first-order valence-electron chi connectivity index (χ1n) is 9.50. The maximum Gasteiger partial charge on any atom is 0.255 e. The summed E-state index contributed by atoms with van der Waals surface area (Å²) in [5, 5.41) is 9.18. The first-order chi connectivity index (χ1) is 14.2. The average molecular weight is 447 g/mol. The molecule has 2 aromatic rings. The molecule has 30 heavy (non-hydrogen) atoms. The summed E-state index contributed by atoms with van der Waals surface area (Å²) in [6.07, 6.45) is 0.763. The quantitative estimate of drug-likeness (QED) is 0.721. The molecule has 0 aliphatic carbocycles. The van der Waals surface area contributed by atoms with Crippen LogP contribution < -0.4 is 4.90 Å². The molecule has 0 N–H and O–H groups in total. The lowest BCUT2D eigenvalue weighted by molar-refractivity contribution is 0.0767. The Morgan fingerprint density at radius 3 is 2.40 bits per heavy atom. The third kappa shape index (κ3) is 4.59. The molecule has 7 nitrogen and oxygen atoms in total.